The fraction of sp³-hybridized carbons (Fsp3) is 0.226. The van der Waals surface area contributed by atoms with Crippen molar-refractivity contribution in [2.75, 3.05) is 0 Å². The van der Waals surface area contributed by atoms with E-state index in [2.05, 4.69) is 0 Å². The molecule has 0 saturated heterocycles. The molecule has 264 valence electrons. The zero-order chi connectivity index (χ0) is 36.8. The molecule has 0 amide bonds. The minimum atomic E-state index is -5.12. The van der Waals surface area contributed by atoms with Crippen molar-refractivity contribution >= 4 is 39.9 Å². The molecule has 0 heterocycles. The van der Waals surface area contributed by atoms with E-state index < -0.39 is 76.5 Å². The van der Waals surface area contributed by atoms with Gasteiger partial charge in [-0.1, -0.05) is 13.0 Å². The van der Waals surface area contributed by atoms with E-state index in [1.165, 1.54) is 62.4 Å². The summed E-state index contributed by atoms with van der Waals surface area (Å²) in [6, 6.07) is 15.8. The van der Waals surface area contributed by atoms with Gasteiger partial charge in [-0.3, -0.25) is 14.8 Å². The van der Waals surface area contributed by atoms with Crippen molar-refractivity contribution in [3.63, 3.8) is 0 Å². The van der Waals surface area contributed by atoms with Gasteiger partial charge >= 0.3 is 0 Å². The summed E-state index contributed by atoms with van der Waals surface area (Å²) < 4.78 is 133. The Hall–Kier alpha value is -3.88. The molecule has 1 atom stereocenters. The highest BCUT2D eigenvalue weighted by molar-refractivity contribution is 7.92. The van der Waals surface area contributed by atoms with Crippen LogP contribution in [0.2, 0.25) is 0 Å². The van der Waals surface area contributed by atoms with Crippen LogP contribution in [0.4, 0.5) is 0 Å². The first kappa shape index (κ1) is 37.9. The van der Waals surface area contributed by atoms with Crippen molar-refractivity contribution in [1.29, 1.82) is 0 Å². The molecule has 4 aromatic carbocycles. The van der Waals surface area contributed by atoms with Crippen LogP contribution in [0.5, 0.6) is 17.2 Å². The van der Waals surface area contributed by atoms with E-state index in [9.17, 15) is 42.8 Å². The molecule has 18 heteroatoms. The zero-order valence-corrected chi connectivity index (χ0v) is 29.8. The SMILES string of the molecule is CCC(C)(N)Oc1ccc(S(=O)(=O)c2ccc(Oc3ccc(S(=O)(=O)c4ccc(C(C)(C)N)c(S(=O)(=O)O)c4)cc3S(=O)(=O)O)cc2)cc1. The van der Waals surface area contributed by atoms with Gasteiger partial charge in [0.1, 0.15) is 27.0 Å². The molecule has 14 nitrogen and oxygen atoms in total. The van der Waals surface area contributed by atoms with Crippen LogP contribution in [0.15, 0.2) is 114 Å². The van der Waals surface area contributed by atoms with Crippen LogP contribution in [-0.2, 0) is 45.4 Å². The number of benzene rings is 4. The Morgan fingerprint density at radius 1 is 0.592 bits per heavy atom. The molecule has 6 N–H and O–H groups in total. The molecular formula is C31H34N2O12S4. The lowest BCUT2D eigenvalue weighted by Crippen LogP contribution is -2.41. The van der Waals surface area contributed by atoms with Gasteiger partial charge in [0.2, 0.25) is 19.7 Å². The second-order valence-electron chi connectivity index (χ2n) is 11.8. The lowest BCUT2D eigenvalue weighted by Gasteiger charge is -2.24. The average molecular weight is 755 g/mol. The van der Waals surface area contributed by atoms with Crippen molar-refractivity contribution < 1.29 is 52.3 Å². The maximum absolute atomic E-state index is 13.5. The molecule has 4 rings (SSSR count). The third kappa shape index (κ3) is 8.47. The quantitative estimate of drug-likeness (QED) is 0.116. The van der Waals surface area contributed by atoms with Crippen molar-refractivity contribution in [2.24, 2.45) is 11.5 Å². The fourth-order valence-electron chi connectivity index (χ4n) is 4.47. The molecule has 0 aliphatic rings. The van der Waals surface area contributed by atoms with Crippen LogP contribution in [0.25, 0.3) is 0 Å². The van der Waals surface area contributed by atoms with Gasteiger partial charge in [-0.2, -0.15) is 16.8 Å². The van der Waals surface area contributed by atoms with Crippen molar-refractivity contribution in [2.45, 2.75) is 74.8 Å². The second-order valence-corrected chi connectivity index (χ2v) is 18.4. The van der Waals surface area contributed by atoms with E-state index in [1.54, 1.807) is 6.92 Å². The molecule has 0 radical (unpaired) electrons. The normalized spacial score (nSPS) is 14.2. The van der Waals surface area contributed by atoms with E-state index in [4.69, 9.17) is 20.9 Å². The highest BCUT2D eigenvalue weighted by atomic mass is 32.2. The van der Waals surface area contributed by atoms with E-state index in [1.807, 2.05) is 6.92 Å². The third-order valence-electron chi connectivity index (χ3n) is 7.29. The van der Waals surface area contributed by atoms with Gasteiger partial charge in [0.25, 0.3) is 20.2 Å². The topological polar surface area (TPSA) is 248 Å². The van der Waals surface area contributed by atoms with E-state index in [0.29, 0.717) is 24.3 Å². The predicted molar refractivity (Wildman–Crippen MR) is 177 cm³/mol. The van der Waals surface area contributed by atoms with Crippen LogP contribution in [0.1, 0.15) is 39.7 Å². The maximum Gasteiger partial charge on any atom is 0.298 e. The Morgan fingerprint density at radius 2 is 1.00 bits per heavy atom. The van der Waals surface area contributed by atoms with Crippen molar-refractivity contribution in [1.82, 2.24) is 0 Å². The third-order valence-corrected chi connectivity index (χ3v) is 12.6. The Morgan fingerprint density at radius 3 is 1.45 bits per heavy atom. The van der Waals surface area contributed by atoms with E-state index in [-0.39, 0.29) is 21.1 Å². The second kappa shape index (κ2) is 13.1. The Kier molecular flexibility index (Phi) is 10.1. The molecule has 0 fully saturated rings. The fourth-order valence-corrected chi connectivity index (χ4v) is 8.72. The number of hydrogen-bond donors (Lipinski definition) is 4. The maximum atomic E-state index is 13.5. The number of rotatable bonds is 12. The van der Waals surface area contributed by atoms with Gasteiger partial charge in [0.15, 0.2) is 5.72 Å². The molecule has 0 aliphatic carbocycles. The molecule has 0 spiro atoms. The molecule has 1 unspecified atom stereocenters. The van der Waals surface area contributed by atoms with E-state index in [0.717, 1.165) is 24.3 Å². The van der Waals surface area contributed by atoms with E-state index >= 15 is 0 Å². The predicted octanol–water partition coefficient (Wildman–Crippen LogP) is 4.30. The van der Waals surface area contributed by atoms with Crippen molar-refractivity contribution in [3.05, 3.63) is 90.5 Å². The monoisotopic (exact) mass is 754 g/mol. The van der Waals surface area contributed by atoms with Crippen LogP contribution in [0.3, 0.4) is 0 Å². The molecule has 0 aliphatic heterocycles. The lowest BCUT2D eigenvalue weighted by molar-refractivity contribution is 0.0917. The first-order chi connectivity index (χ1) is 22.4. The number of ether oxygens (including phenoxy) is 2. The molecule has 0 saturated carbocycles. The summed E-state index contributed by atoms with van der Waals surface area (Å²) in [6.07, 6.45) is 0.514. The highest BCUT2D eigenvalue weighted by Crippen LogP contribution is 2.35. The summed E-state index contributed by atoms with van der Waals surface area (Å²) in [7, 11) is -18.7. The summed E-state index contributed by atoms with van der Waals surface area (Å²) in [5.41, 5.74) is 9.66. The summed E-state index contributed by atoms with van der Waals surface area (Å²) in [4.78, 5) is -3.19. The van der Waals surface area contributed by atoms with Gasteiger partial charge in [-0.15, -0.1) is 0 Å². The van der Waals surface area contributed by atoms with Gasteiger partial charge in [0.05, 0.1) is 19.6 Å². The number of hydrogen-bond acceptors (Lipinski definition) is 12. The van der Waals surface area contributed by atoms with Crippen LogP contribution < -0.4 is 20.9 Å². The Balaban J connectivity index is 1.65. The zero-order valence-electron chi connectivity index (χ0n) is 26.6. The van der Waals surface area contributed by atoms with Gasteiger partial charge < -0.3 is 15.2 Å². The lowest BCUT2D eigenvalue weighted by atomic mass is 9.96. The van der Waals surface area contributed by atoms with Crippen LogP contribution in [0, 0.1) is 0 Å². The minimum absolute atomic E-state index is 0.0423. The number of nitrogens with two attached hydrogens (primary N) is 2. The molecular weight excluding hydrogens is 721 g/mol. The molecule has 0 aromatic heterocycles. The van der Waals surface area contributed by atoms with Crippen LogP contribution >= 0.6 is 0 Å². The van der Waals surface area contributed by atoms with Crippen LogP contribution in [-0.4, -0.2) is 48.5 Å². The van der Waals surface area contributed by atoms with Gasteiger partial charge in [-0.25, -0.2) is 16.8 Å². The highest BCUT2D eigenvalue weighted by Gasteiger charge is 2.30. The Labute approximate surface area is 285 Å². The molecule has 0 bridgehead atoms. The first-order valence-electron chi connectivity index (χ1n) is 14.2. The first-order valence-corrected chi connectivity index (χ1v) is 20.1. The minimum Gasteiger partial charge on any atom is -0.473 e. The number of sulfone groups is 2. The summed E-state index contributed by atoms with van der Waals surface area (Å²) in [5.74, 6) is -0.201. The smallest absolute Gasteiger partial charge is 0.298 e. The van der Waals surface area contributed by atoms with Crippen molar-refractivity contribution in [3.8, 4) is 17.2 Å². The summed E-state index contributed by atoms with van der Waals surface area (Å²) >= 11 is 0. The average Bonchev–Trinajstić information content (AvgIpc) is 3.00. The largest absolute Gasteiger partial charge is 0.473 e. The summed E-state index contributed by atoms with van der Waals surface area (Å²) in [5, 5.41) is 0. The molecule has 49 heavy (non-hydrogen) atoms. The Bertz CT molecular complexity index is 2330. The van der Waals surface area contributed by atoms with Gasteiger partial charge in [0, 0.05) is 5.54 Å². The van der Waals surface area contributed by atoms with Gasteiger partial charge in [-0.05, 0) is 112 Å². The standard InChI is InChI=1S/C31H34N2O12S4/c1-5-31(4,33)45-21-8-12-23(13-9-21)46(34,35)22-10-6-20(7-11-22)44-27-17-15-25(19-29(27)49(41,42)43)47(36,37)24-14-16-26(30(2,3)32)28(18-24)48(38,39)40/h6-19H,5,32-33H2,1-4H3,(H,38,39,40)(H,41,42,43). The summed E-state index contributed by atoms with van der Waals surface area (Å²) in [6.45, 7) is 6.40. The molecule has 4 aromatic rings.